The number of hydrogen-bond acceptors (Lipinski definition) is 3. The molecule has 0 unspecified atom stereocenters. The van der Waals surface area contributed by atoms with Crippen LogP contribution in [0.1, 0.15) is 18.5 Å². The lowest BCUT2D eigenvalue weighted by Gasteiger charge is -2.12. The van der Waals surface area contributed by atoms with E-state index in [1.54, 1.807) is 6.33 Å². The fraction of sp³-hybridized carbons (Fsp3) is 0.625. The molecule has 0 bridgehead atoms. The van der Waals surface area contributed by atoms with Gasteiger partial charge >= 0.3 is 0 Å². The molecule has 0 atom stereocenters. The molecule has 12 heavy (non-hydrogen) atoms. The first-order valence-corrected chi connectivity index (χ1v) is 4.36. The number of aromatic nitrogens is 2. The molecule has 0 aromatic carbocycles. The third kappa shape index (κ3) is 1.43. The zero-order valence-electron chi connectivity index (χ0n) is 7.08. The Morgan fingerprint density at radius 2 is 2.25 bits per heavy atom. The van der Waals surface area contributed by atoms with Crippen LogP contribution in [0.2, 0.25) is 0 Å². The van der Waals surface area contributed by atoms with Crippen LogP contribution < -0.4 is 5.73 Å². The SMILES string of the molecule is Nc1nc[nH]c1CN1CCCC1. The monoisotopic (exact) mass is 166 g/mol. The van der Waals surface area contributed by atoms with Gasteiger partial charge in [-0.25, -0.2) is 4.98 Å². The maximum absolute atomic E-state index is 5.65. The Kier molecular flexibility index (Phi) is 1.99. The topological polar surface area (TPSA) is 57.9 Å². The lowest BCUT2D eigenvalue weighted by atomic mass is 10.4. The number of nitrogens with two attached hydrogens (primary N) is 1. The Morgan fingerprint density at radius 1 is 1.50 bits per heavy atom. The van der Waals surface area contributed by atoms with E-state index in [0.717, 1.165) is 12.2 Å². The average molecular weight is 166 g/mol. The van der Waals surface area contributed by atoms with Gasteiger partial charge in [0.05, 0.1) is 12.0 Å². The van der Waals surface area contributed by atoms with Gasteiger partial charge in [0.25, 0.3) is 0 Å². The van der Waals surface area contributed by atoms with Gasteiger partial charge in [0.2, 0.25) is 0 Å². The molecule has 1 aromatic heterocycles. The number of likely N-dealkylation sites (tertiary alicyclic amines) is 1. The Morgan fingerprint density at radius 3 is 2.83 bits per heavy atom. The van der Waals surface area contributed by atoms with Gasteiger partial charge in [-0.3, -0.25) is 4.90 Å². The number of nitrogens with zero attached hydrogens (tertiary/aromatic N) is 2. The van der Waals surface area contributed by atoms with Crippen molar-refractivity contribution in [2.24, 2.45) is 0 Å². The van der Waals surface area contributed by atoms with Crippen molar-refractivity contribution < 1.29 is 0 Å². The van der Waals surface area contributed by atoms with Gasteiger partial charge in [-0.2, -0.15) is 0 Å². The quantitative estimate of drug-likeness (QED) is 0.676. The number of rotatable bonds is 2. The Labute approximate surface area is 71.8 Å². The van der Waals surface area contributed by atoms with E-state index in [4.69, 9.17) is 5.73 Å². The van der Waals surface area contributed by atoms with Crippen molar-refractivity contribution in [1.82, 2.24) is 14.9 Å². The van der Waals surface area contributed by atoms with Gasteiger partial charge < -0.3 is 10.7 Å². The number of anilines is 1. The second-order valence-corrected chi connectivity index (χ2v) is 3.25. The first-order valence-electron chi connectivity index (χ1n) is 4.36. The van der Waals surface area contributed by atoms with E-state index < -0.39 is 0 Å². The van der Waals surface area contributed by atoms with Gasteiger partial charge in [-0.05, 0) is 25.9 Å². The summed E-state index contributed by atoms with van der Waals surface area (Å²) in [4.78, 5) is 9.40. The third-order valence-electron chi connectivity index (χ3n) is 2.33. The van der Waals surface area contributed by atoms with Crippen LogP contribution in [0.4, 0.5) is 5.82 Å². The molecule has 3 N–H and O–H groups in total. The van der Waals surface area contributed by atoms with Crippen molar-refractivity contribution in [2.45, 2.75) is 19.4 Å². The molecule has 1 fully saturated rings. The Bertz CT molecular complexity index is 249. The zero-order chi connectivity index (χ0) is 8.39. The Hall–Kier alpha value is -1.03. The highest BCUT2D eigenvalue weighted by Gasteiger charge is 2.13. The molecule has 1 aliphatic rings. The summed E-state index contributed by atoms with van der Waals surface area (Å²) >= 11 is 0. The molecule has 0 saturated carbocycles. The molecule has 1 aromatic rings. The molecule has 1 aliphatic heterocycles. The van der Waals surface area contributed by atoms with Crippen LogP contribution in [0, 0.1) is 0 Å². The maximum Gasteiger partial charge on any atom is 0.146 e. The minimum atomic E-state index is 0.641. The standard InChI is InChI=1S/C8H14N4/c9-8-7(10-6-11-8)5-12-3-1-2-4-12/h6H,1-5,9H2,(H,10,11). The fourth-order valence-corrected chi connectivity index (χ4v) is 1.62. The number of nitrogen functional groups attached to an aromatic ring is 1. The second-order valence-electron chi connectivity index (χ2n) is 3.25. The van der Waals surface area contributed by atoms with Gasteiger partial charge in [0.15, 0.2) is 0 Å². The second kappa shape index (κ2) is 3.15. The van der Waals surface area contributed by atoms with E-state index in [1.807, 2.05) is 0 Å². The van der Waals surface area contributed by atoms with Gasteiger partial charge in [0, 0.05) is 6.54 Å². The largest absolute Gasteiger partial charge is 0.382 e. The van der Waals surface area contributed by atoms with E-state index in [0.29, 0.717) is 5.82 Å². The maximum atomic E-state index is 5.65. The molecule has 4 heteroatoms. The molecule has 4 nitrogen and oxygen atoms in total. The zero-order valence-corrected chi connectivity index (χ0v) is 7.08. The van der Waals surface area contributed by atoms with E-state index in [1.165, 1.54) is 25.9 Å². The van der Waals surface area contributed by atoms with Crippen LogP contribution in [-0.4, -0.2) is 28.0 Å². The highest BCUT2D eigenvalue weighted by Crippen LogP contribution is 2.13. The summed E-state index contributed by atoms with van der Waals surface area (Å²) in [6, 6.07) is 0. The molecule has 0 amide bonds. The summed E-state index contributed by atoms with van der Waals surface area (Å²) in [5, 5.41) is 0. The molecular weight excluding hydrogens is 152 g/mol. The molecule has 66 valence electrons. The van der Waals surface area contributed by atoms with Crippen LogP contribution in [0.5, 0.6) is 0 Å². The predicted octanol–water partition coefficient (Wildman–Crippen LogP) is 0.588. The van der Waals surface area contributed by atoms with Crippen molar-refractivity contribution in [3.63, 3.8) is 0 Å². The van der Waals surface area contributed by atoms with Crippen LogP contribution in [0.15, 0.2) is 6.33 Å². The minimum absolute atomic E-state index is 0.641. The number of imidazole rings is 1. The van der Waals surface area contributed by atoms with Crippen molar-refractivity contribution in [3.05, 3.63) is 12.0 Å². The lowest BCUT2D eigenvalue weighted by Crippen LogP contribution is -2.19. The van der Waals surface area contributed by atoms with Crippen LogP contribution in [-0.2, 0) is 6.54 Å². The summed E-state index contributed by atoms with van der Waals surface area (Å²) in [6.07, 6.45) is 4.28. The molecule has 0 radical (unpaired) electrons. The number of aromatic amines is 1. The lowest BCUT2D eigenvalue weighted by molar-refractivity contribution is 0.328. The molecule has 1 saturated heterocycles. The molecular formula is C8H14N4. The summed E-state index contributed by atoms with van der Waals surface area (Å²) < 4.78 is 0. The summed E-state index contributed by atoms with van der Waals surface area (Å²) in [5.41, 5.74) is 6.70. The van der Waals surface area contributed by atoms with Crippen molar-refractivity contribution in [2.75, 3.05) is 18.8 Å². The van der Waals surface area contributed by atoms with Gasteiger partial charge in [0.1, 0.15) is 5.82 Å². The summed E-state index contributed by atoms with van der Waals surface area (Å²) in [7, 11) is 0. The van der Waals surface area contributed by atoms with Crippen LogP contribution in [0.3, 0.4) is 0 Å². The van der Waals surface area contributed by atoms with E-state index >= 15 is 0 Å². The van der Waals surface area contributed by atoms with Crippen molar-refractivity contribution in [1.29, 1.82) is 0 Å². The average Bonchev–Trinajstić information content (AvgIpc) is 2.65. The minimum Gasteiger partial charge on any atom is -0.382 e. The van der Waals surface area contributed by atoms with Gasteiger partial charge in [-0.15, -0.1) is 0 Å². The van der Waals surface area contributed by atoms with Crippen LogP contribution >= 0.6 is 0 Å². The van der Waals surface area contributed by atoms with E-state index in [2.05, 4.69) is 14.9 Å². The molecule has 2 rings (SSSR count). The molecule has 0 spiro atoms. The van der Waals surface area contributed by atoms with Crippen molar-refractivity contribution >= 4 is 5.82 Å². The highest BCUT2D eigenvalue weighted by molar-refractivity contribution is 5.33. The summed E-state index contributed by atoms with van der Waals surface area (Å²) in [6.45, 7) is 3.31. The fourth-order valence-electron chi connectivity index (χ4n) is 1.62. The highest BCUT2D eigenvalue weighted by atomic mass is 15.2. The number of nitrogens with one attached hydrogen (secondary N) is 1. The van der Waals surface area contributed by atoms with Crippen LogP contribution in [0.25, 0.3) is 0 Å². The van der Waals surface area contributed by atoms with Crippen molar-refractivity contribution in [3.8, 4) is 0 Å². The number of H-pyrrole nitrogens is 1. The third-order valence-corrected chi connectivity index (χ3v) is 2.33. The molecule has 2 heterocycles. The van der Waals surface area contributed by atoms with E-state index in [-0.39, 0.29) is 0 Å². The van der Waals surface area contributed by atoms with Gasteiger partial charge in [-0.1, -0.05) is 0 Å². The molecule has 0 aliphatic carbocycles. The summed E-state index contributed by atoms with van der Waals surface area (Å²) in [5.74, 6) is 0.641. The van der Waals surface area contributed by atoms with E-state index in [9.17, 15) is 0 Å². The normalized spacial score (nSPS) is 18.7. The predicted molar refractivity (Wildman–Crippen MR) is 47.5 cm³/mol. The number of hydrogen-bond donors (Lipinski definition) is 2. The Balaban J connectivity index is 1.98. The first kappa shape index (κ1) is 7.61. The smallest absolute Gasteiger partial charge is 0.146 e. The first-order chi connectivity index (χ1) is 5.86.